The molecule has 1 aromatic carbocycles. The Hall–Kier alpha value is -1.47. The Kier molecular flexibility index (Phi) is 11.5. The van der Waals surface area contributed by atoms with Gasteiger partial charge in [0.25, 0.3) is 0 Å². The maximum atomic E-state index is 10.9. The summed E-state index contributed by atoms with van der Waals surface area (Å²) in [4.78, 5) is 13.0. The Morgan fingerprint density at radius 2 is 1.44 bits per heavy atom. The molecule has 0 spiro atoms. The second kappa shape index (κ2) is 13.6. The molecule has 5 nitrogen and oxygen atoms in total. The number of aromatic nitrogens is 3. The van der Waals surface area contributed by atoms with Gasteiger partial charge in [0.2, 0.25) is 0 Å². The van der Waals surface area contributed by atoms with Gasteiger partial charge < -0.3 is 9.84 Å². The number of hydrogen-bond acceptors (Lipinski definition) is 7. The third-order valence-corrected chi connectivity index (χ3v) is 7.73. The predicted molar refractivity (Wildman–Crippen MR) is 147 cm³/mol. The molecule has 34 heavy (non-hydrogen) atoms. The highest BCUT2D eigenvalue weighted by atomic mass is 32.2. The van der Waals surface area contributed by atoms with Crippen LogP contribution in [0.4, 0.5) is 0 Å². The molecule has 0 bridgehead atoms. The maximum Gasteiger partial charge on any atom is 0.325 e. The van der Waals surface area contributed by atoms with Crippen molar-refractivity contribution in [1.82, 2.24) is 15.0 Å². The molecule has 1 N–H and O–H groups in total. The number of rotatable bonds is 13. The fourth-order valence-electron chi connectivity index (χ4n) is 3.58. The van der Waals surface area contributed by atoms with Crippen LogP contribution in [0.25, 0.3) is 0 Å². The Labute approximate surface area is 215 Å². The molecular formula is C27H43N3O2S2. The minimum atomic E-state index is -0.225. The molecule has 0 atom stereocenters. The lowest BCUT2D eigenvalue weighted by Crippen LogP contribution is -2.17. The van der Waals surface area contributed by atoms with E-state index in [9.17, 15) is 5.11 Å². The molecule has 0 saturated heterocycles. The molecule has 0 unspecified atom stereocenters. The minimum Gasteiger partial charge on any atom is -0.507 e. The molecule has 0 radical (unpaired) electrons. The van der Waals surface area contributed by atoms with Crippen molar-refractivity contribution in [3.63, 3.8) is 0 Å². The smallest absolute Gasteiger partial charge is 0.325 e. The molecule has 190 valence electrons. The molecule has 7 heteroatoms. The second-order valence-corrected chi connectivity index (χ2v) is 13.0. The van der Waals surface area contributed by atoms with Gasteiger partial charge >= 0.3 is 6.01 Å². The summed E-state index contributed by atoms with van der Waals surface area (Å²) < 4.78 is 6.05. The van der Waals surface area contributed by atoms with Gasteiger partial charge in [0.1, 0.15) is 17.8 Å². The van der Waals surface area contributed by atoms with Crippen LogP contribution in [0.1, 0.15) is 98.1 Å². The molecule has 2 rings (SSSR count). The average Bonchev–Trinajstić information content (AvgIpc) is 2.75. The van der Waals surface area contributed by atoms with Crippen molar-refractivity contribution in [2.75, 3.05) is 17.3 Å². The standard InChI is InChI=1S/C27H43N3O2S2/c1-8-9-10-11-12-13-14-33-15-16-34-25-29-19-28-24(30-25)32-20-17-21(26(2,3)4)23(31)22(18-20)27(5,6)7/h17-19,31H,8-16H2,1-7H3. The van der Waals surface area contributed by atoms with Crippen molar-refractivity contribution in [2.24, 2.45) is 0 Å². The summed E-state index contributed by atoms with van der Waals surface area (Å²) in [5, 5.41) is 11.6. The Bertz CT molecular complexity index is 857. The monoisotopic (exact) mass is 505 g/mol. The number of thioether (sulfide) groups is 2. The normalized spacial score (nSPS) is 12.2. The lowest BCUT2D eigenvalue weighted by molar-refractivity contribution is 0.404. The quantitative estimate of drug-likeness (QED) is 0.217. The van der Waals surface area contributed by atoms with Gasteiger partial charge in [-0.1, -0.05) is 92.3 Å². The van der Waals surface area contributed by atoms with Crippen LogP contribution in [-0.4, -0.2) is 37.3 Å². The van der Waals surface area contributed by atoms with E-state index in [1.54, 1.807) is 11.8 Å². The van der Waals surface area contributed by atoms with Crippen molar-refractivity contribution in [1.29, 1.82) is 0 Å². The summed E-state index contributed by atoms with van der Waals surface area (Å²) in [6.07, 6.45) is 9.57. The van der Waals surface area contributed by atoms with Gasteiger partial charge in [-0.15, -0.1) is 0 Å². The first-order chi connectivity index (χ1) is 16.0. The van der Waals surface area contributed by atoms with Gasteiger partial charge in [0, 0.05) is 22.6 Å². The van der Waals surface area contributed by atoms with Crippen molar-refractivity contribution in [3.05, 3.63) is 29.6 Å². The summed E-state index contributed by atoms with van der Waals surface area (Å²) in [5.74, 6) is 4.24. The van der Waals surface area contributed by atoms with Crippen LogP contribution < -0.4 is 4.74 Å². The van der Waals surface area contributed by atoms with Crippen molar-refractivity contribution < 1.29 is 9.84 Å². The molecule has 0 aliphatic heterocycles. The van der Waals surface area contributed by atoms with E-state index < -0.39 is 0 Å². The number of benzene rings is 1. The highest BCUT2D eigenvalue weighted by molar-refractivity contribution is 8.02. The van der Waals surface area contributed by atoms with Gasteiger partial charge in [0.05, 0.1) is 0 Å². The first-order valence-corrected chi connectivity index (χ1v) is 14.6. The van der Waals surface area contributed by atoms with Crippen molar-refractivity contribution >= 4 is 23.5 Å². The summed E-state index contributed by atoms with van der Waals surface area (Å²) >= 11 is 3.64. The van der Waals surface area contributed by atoms with Crippen LogP contribution >= 0.6 is 23.5 Å². The highest BCUT2D eigenvalue weighted by Gasteiger charge is 2.27. The Morgan fingerprint density at radius 1 is 0.824 bits per heavy atom. The third-order valence-electron chi connectivity index (χ3n) is 5.54. The zero-order valence-electron chi connectivity index (χ0n) is 22.1. The van der Waals surface area contributed by atoms with Gasteiger partial charge in [-0.25, -0.2) is 4.98 Å². The topological polar surface area (TPSA) is 68.1 Å². The second-order valence-electron chi connectivity index (χ2n) is 10.7. The SMILES string of the molecule is CCCCCCCCSCCSc1ncnc(Oc2cc(C(C)(C)C)c(O)c(C(C)(C)C)c2)n1. The summed E-state index contributed by atoms with van der Waals surface area (Å²) in [5.41, 5.74) is 1.25. The Balaban J connectivity index is 1.94. The number of phenols is 1. The van der Waals surface area contributed by atoms with E-state index in [0.29, 0.717) is 16.7 Å². The summed E-state index contributed by atoms with van der Waals surface area (Å²) in [6.45, 7) is 14.8. The zero-order valence-corrected chi connectivity index (χ0v) is 23.7. The van der Waals surface area contributed by atoms with Crippen LogP contribution in [0.3, 0.4) is 0 Å². The lowest BCUT2D eigenvalue weighted by atomic mass is 9.79. The molecule has 0 aliphatic carbocycles. The van der Waals surface area contributed by atoms with Crippen LogP contribution in [0.2, 0.25) is 0 Å². The molecule has 1 aromatic heterocycles. The first-order valence-electron chi connectivity index (χ1n) is 12.5. The lowest BCUT2D eigenvalue weighted by Gasteiger charge is -2.27. The van der Waals surface area contributed by atoms with Crippen LogP contribution in [-0.2, 0) is 10.8 Å². The highest BCUT2D eigenvalue weighted by Crippen LogP contribution is 2.42. The number of unbranched alkanes of at least 4 members (excludes halogenated alkanes) is 5. The first kappa shape index (κ1) is 28.8. The van der Waals surface area contributed by atoms with E-state index in [1.165, 1.54) is 50.6 Å². The van der Waals surface area contributed by atoms with Crippen LogP contribution in [0, 0.1) is 0 Å². The van der Waals surface area contributed by atoms with Crippen molar-refractivity contribution in [2.45, 2.75) is 103 Å². The molecular weight excluding hydrogens is 462 g/mol. The Morgan fingerprint density at radius 3 is 2.06 bits per heavy atom. The van der Waals surface area contributed by atoms with Crippen LogP contribution in [0.15, 0.2) is 23.6 Å². The largest absolute Gasteiger partial charge is 0.507 e. The fourth-order valence-corrected chi connectivity index (χ4v) is 5.44. The number of ether oxygens (including phenoxy) is 1. The van der Waals surface area contributed by atoms with Gasteiger partial charge in [-0.05, 0) is 35.1 Å². The van der Waals surface area contributed by atoms with Gasteiger partial charge in [0.15, 0.2) is 5.16 Å². The van der Waals surface area contributed by atoms with E-state index in [1.807, 2.05) is 23.9 Å². The van der Waals surface area contributed by atoms with Crippen LogP contribution in [0.5, 0.6) is 17.5 Å². The van der Waals surface area contributed by atoms with Crippen molar-refractivity contribution in [3.8, 4) is 17.5 Å². The molecule has 1 heterocycles. The van der Waals surface area contributed by atoms with E-state index in [2.05, 4.69) is 63.4 Å². The third kappa shape index (κ3) is 9.65. The fraction of sp³-hybridized carbons (Fsp3) is 0.667. The van der Waals surface area contributed by atoms with E-state index >= 15 is 0 Å². The van der Waals surface area contributed by atoms with E-state index in [-0.39, 0.29) is 16.8 Å². The molecule has 0 aliphatic rings. The van der Waals surface area contributed by atoms with E-state index in [0.717, 1.165) is 22.6 Å². The number of phenolic OH excluding ortho intramolecular Hbond substituents is 1. The number of hydrogen-bond donors (Lipinski definition) is 1. The summed E-state index contributed by atoms with van der Waals surface area (Å²) in [7, 11) is 0. The van der Waals surface area contributed by atoms with Gasteiger partial charge in [-0.3, -0.25) is 0 Å². The summed E-state index contributed by atoms with van der Waals surface area (Å²) in [6, 6.07) is 4.06. The zero-order chi connectivity index (χ0) is 25.2. The number of aromatic hydroxyl groups is 1. The minimum absolute atomic E-state index is 0.225. The average molecular weight is 506 g/mol. The number of nitrogens with zero attached hydrogens (tertiary/aromatic N) is 3. The molecule has 0 saturated carbocycles. The van der Waals surface area contributed by atoms with Gasteiger partial charge in [-0.2, -0.15) is 21.7 Å². The van der Waals surface area contributed by atoms with E-state index in [4.69, 9.17) is 4.74 Å². The maximum absolute atomic E-state index is 10.9. The predicted octanol–water partition coefficient (Wildman–Crippen LogP) is 8.15. The molecule has 0 amide bonds. The molecule has 0 fully saturated rings. The molecule has 2 aromatic rings.